The zero-order valence-corrected chi connectivity index (χ0v) is 12.9. The van der Waals surface area contributed by atoms with Crippen molar-refractivity contribution in [3.63, 3.8) is 0 Å². The number of nitrogens with one attached hydrogen (secondary N) is 2. The first-order chi connectivity index (χ1) is 7.89. The number of rotatable bonds is 9. The van der Waals surface area contributed by atoms with Crippen molar-refractivity contribution in [2.75, 3.05) is 13.1 Å². The van der Waals surface area contributed by atoms with Gasteiger partial charge in [0.05, 0.1) is 0 Å². The fraction of sp³-hybridized carbons (Fsp3) is 1.00. The topological polar surface area (TPSA) is 24.1 Å². The van der Waals surface area contributed by atoms with Gasteiger partial charge in [0.25, 0.3) is 0 Å². The maximum Gasteiger partial charge on any atom is 0.0164 e. The molecule has 17 heavy (non-hydrogen) atoms. The summed E-state index contributed by atoms with van der Waals surface area (Å²) in [5.41, 5.74) is 0.224. The molecule has 0 aromatic carbocycles. The lowest BCUT2D eigenvalue weighted by atomic mass is 9.98. The molecular weight excluding hydrogens is 208 g/mol. The van der Waals surface area contributed by atoms with Gasteiger partial charge in [-0.1, -0.05) is 26.7 Å². The molecule has 1 unspecified atom stereocenters. The summed E-state index contributed by atoms with van der Waals surface area (Å²) in [4.78, 5) is 0. The quantitative estimate of drug-likeness (QED) is 0.646. The lowest BCUT2D eigenvalue weighted by Crippen LogP contribution is -2.45. The van der Waals surface area contributed by atoms with E-state index in [1.54, 1.807) is 0 Å². The lowest BCUT2D eigenvalue weighted by Gasteiger charge is -2.25. The maximum absolute atomic E-state index is 3.66. The molecule has 0 aliphatic carbocycles. The van der Waals surface area contributed by atoms with Gasteiger partial charge in [0.1, 0.15) is 0 Å². The molecule has 0 spiro atoms. The summed E-state index contributed by atoms with van der Waals surface area (Å²) in [6.07, 6.45) is 5.34. The van der Waals surface area contributed by atoms with Crippen LogP contribution in [-0.2, 0) is 0 Å². The first kappa shape index (κ1) is 16.9. The predicted octanol–water partition coefficient (Wildman–Crippen LogP) is 3.57. The van der Waals surface area contributed by atoms with E-state index in [0.29, 0.717) is 6.04 Å². The second kappa shape index (κ2) is 8.93. The van der Waals surface area contributed by atoms with Gasteiger partial charge in [0.15, 0.2) is 0 Å². The number of hydrogen-bond donors (Lipinski definition) is 2. The summed E-state index contributed by atoms with van der Waals surface area (Å²) in [6.45, 7) is 15.7. The van der Waals surface area contributed by atoms with Crippen molar-refractivity contribution >= 4 is 0 Å². The number of hydrogen-bond acceptors (Lipinski definition) is 2. The summed E-state index contributed by atoms with van der Waals surface area (Å²) < 4.78 is 0. The molecule has 0 aromatic heterocycles. The van der Waals surface area contributed by atoms with Crippen LogP contribution in [0.2, 0.25) is 0 Å². The van der Waals surface area contributed by atoms with Crippen LogP contribution in [0.25, 0.3) is 0 Å². The molecule has 0 radical (unpaired) electrons. The molecule has 2 nitrogen and oxygen atoms in total. The summed E-state index contributed by atoms with van der Waals surface area (Å²) in [6, 6.07) is 0.561. The van der Waals surface area contributed by atoms with Crippen molar-refractivity contribution in [2.45, 2.75) is 78.8 Å². The van der Waals surface area contributed by atoms with Crippen molar-refractivity contribution in [3.8, 4) is 0 Å². The molecule has 0 saturated heterocycles. The van der Waals surface area contributed by atoms with E-state index in [9.17, 15) is 0 Å². The van der Waals surface area contributed by atoms with E-state index < -0.39 is 0 Å². The maximum atomic E-state index is 3.66. The second-order valence-electron chi connectivity index (χ2n) is 6.38. The second-order valence-corrected chi connectivity index (χ2v) is 6.38. The Morgan fingerprint density at radius 1 is 0.941 bits per heavy atom. The Labute approximate surface area is 109 Å². The van der Waals surface area contributed by atoms with E-state index in [-0.39, 0.29) is 5.54 Å². The van der Waals surface area contributed by atoms with Crippen molar-refractivity contribution in [3.05, 3.63) is 0 Å². The Bertz CT molecular complexity index is 166. The van der Waals surface area contributed by atoms with E-state index in [0.717, 1.165) is 12.5 Å². The van der Waals surface area contributed by atoms with Gasteiger partial charge in [-0.3, -0.25) is 0 Å². The van der Waals surface area contributed by atoms with E-state index in [1.807, 2.05) is 0 Å². The molecule has 104 valence electrons. The molecule has 0 aromatic rings. The Balaban J connectivity index is 3.75. The molecule has 0 aliphatic rings. The van der Waals surface area contributed by atoms with Crippen LogP contribution in [0.5, 0.6) is 0 Å². The highest BCUT2D eigenvalue weighted by Gasteiger charge is 2.12. The van der Waals surface area contributed by atoms with Crippen LogP contribution in [-0.4, -0.2) is 24.7 Å². The van der Waals surface area contributed by atoms with Crippen LogP contribution in [0.3, 0.4) is 0 Å². The average molecular weight is 242 g/mol. The third kappa shape index (κ3) is 10.8. The SMILES string of the molecule is CCCC(CCC)CNC(C)CNC(C)(C)C. The van der Waals surface area contributed by atoms with Gasteiger partial charge in [-0.25, -0.2) is 0 Å². The minimum absolute atomic E-state index is 0.224. The monoisotopic (exact) mass is 242 g/mol. The Morgan fingerprint density at radius 3 is 1.88 bits per heavy atom. The minimum Gasteiger partial charge on any atom is -0.313 e. The van der Waals surface area contributed by atoms with Gasteiger partial charge in [-0.2, -0.15) is 0 Å². The highest BCUT2D eigenvalue weighted by atomic mass is 15.0. The molecule has 0 saturated carbocycles. The molecule has 0 fully saturated rings. The summed E-state index contributed by atoms with van der Waals surface area (Å²) in [5, 5.41) is 7.21. The summed E-state index contributed by atoms with van der Waals surface area (Å²) in [7, 11) is 0. The Hall–Kier alpha value is -0.0800. The average Bonchev–Trinajstić information content (AvgIpc) is 2.23. The van der Waals surface area contributed by atoms with Crippen LogP contribution in [0.4, 0.5) is 0 Å². The normalized spacial score (nSPS) is 14.3. The largest absolute Gasteiger partial charge is 0.313 e. The van der Waals surface area contributed by atoms with E-state index in [4.69, 9.17) is 0 Å². The predicted molar refractivity (Wildman–Crippen MR) is 78.5 cm³/mol. The third-order valence-electron chi connectivity index (χ3n) is 3.09. The highest BCUT2D eigenvalue weighted by molar-refractivity contribution is 4.75. The smallest absolute Gasteiger partial charge is 0.0164 e. The lowest BCUT2D eigenvalue weighted by molar-refractivity contribution is 0.353. The highest BCUT2D eigenvalue weighted by Crippen LogP contribution is 2.12. The van der Waals surface area contributed by atoms with Crippen LogP contribution in [0, 0.1) is 5.92 Å². The van der Waals surface area contributed by atoms with E-state index in [1.165, 1.54) is 32.2 Å². The van der Waals surface area contributed by atoms with Gasteiger partial charge in [0.2, 0.25) is 0 Å². The first-order valence-electron chi connectivity index (χ1n) is 7.37. The molecule has 0 heterocycles. The van der Waals surface area contributed by atoms with Crippen molar-refractivity contribution < 1.29 is 0 Å². The fourth-order valence-electron chi connectivity index (χ4n) is 2.06. The molecule has 2 N–H and O–H groups in total. The minimum atomic E-state index is 0.224. The van der Waals surface area contributed by atoms with Crippen LogP contribution in [0.1, 0.15) is 67.2 Å². The van der Waals surface area contributed by atoms with Gasteiger partial charge in [-0.05, 0) is 53.0 Å². The zero-order valence-electron chi connectivity index (χ0n) is 12.9. The molecule has 0 aliphatic heterocycles. The summed E-state index contributed by atoms with van der Waals surface area (Å²) >= 11 is 0. The fourth-order valence-corrected chi connectivity index (χ4v) is 2.06. The van der Waals surface area contributed by atoms with Gasteiger partial charge in [-0.15, -0.1) is 0 Å². The van der Waals surface area contributed by atoms with Gasteiger partial charge >= 0.3 is 0 Å². The van der Waals surface area contributed by atoms with Gasteiger partial charge < -0.3 is 10.6 Å². The standard InChI is InChI=1S/C15H34N2/c1-7-9-14(10-8-2)12-16-13(3)11-17-15(4,5)6/h13-14,16-17H,7-12H2,1-6H3. The van der Waals surface area contributed by atoms with Crippen LogP contribution < -0.4 is 10.6 Å². The van der Waals surface area contributed by atoms with Crippen molar-refractivity contribution in [1.29, 1.82) is 0 Å². The zero-order chi connectivity index (χ0) is 13.3. The third-order valence-corrected chi connectivity index (χ3v) is 3.09. The molecule has 2 heteroatoms. The van der Waals surface area contributed by atoms with Crippen molar-refractivity contribution in [1.82, 2.24) is 10.6 Å². The van der Waals surface area contributed by atoms with E-state index in [2.05, 4.69) is 52.2 Å². The van der Waals surface area contributed by atoms with Crippen LogP contribution >= 0.6 is 0 Å². The van der Waals surface area contributed by atoms with Crippen molar-refractivity contribution in [2.24, 2.45) is 5.92 Å². The Kier molecular flexibility index (Phi) is 8.89. The molecule has 0 amide bonds. The molecule has 1 atom stereocenters. The van der Waals surface area contributed by atoms with Gasteiger partial charge in [0, 0.05) is 18.1 Å². The molecule has 0 rings (SSSR count). The Morgan fingerprint density at radius 2 is 1.47 bits per heavy atom. The van der Waals surface area contributed by atoms with Crippen LogP contribution in [0.15, 0.2) is 0 Å². The van der Waals surface area contributed by atoms with E-state index >= 15 is 0 Å². The first-order valence-corrected chi connectivity index (χ1v) is 7.37. The molecular formula is C15H34N2. The summed E-state index contributed by atoms with van der Waals surface area (Å²) in [5.74, 6) is 0.863. The molecule has 0 bridgehead atoms.